The van der Waals surface area contributed by atoms with E-state index in [1.54, 1.807) is 93.8 Å². The maximum atomic E-state index is 13.7. The molecule has 1 aliphatic carbocycles. The van der Waals surface area contributed by atoms with E-state index >= 15 is 0 Å². The van der Waals surface area contributed by atoms with E-state index in [1.807, 2.05) is 24.3 Å². The summed E-state index contributed by atoms with van der Waals surface area (Å²) in [6, 6.07) is 24.2. The topological polar surface area (TPSA) is 131 Å². The Labute approximate surface area is 290 Å². The van der Waals surface area contributed by atoms with Gasteiger partial charge in [0.15, 0.2) is 0 Å². The summed E-state index contributed by atoms with van der Waals surface area (Å²) in [6.45, 7) is 5.37. The molecule has 2 aromatic heterocycles. The Morgan fingerprint density at radius 3 is 2.35 bits per heavy atom. The average molecular weight is 700 g/mol. The molecule has 3 N–H and O–H groups in total. The van der Waals surface area contributed by atoms with Crippen LogP contribution in [0.3, 0.4) is 0 Å². The summed E-state index contributed by atoms with van der Waals surface area (Å²) in [5.41, 5.74) is 2.28. The molecule has 2 atom stereocenters. The van der Waals surface area contributed by atoms with Crippen molar-refractivity contribution in [1.29, 1.82) is 0 Å². The summed E-state index contributed by atoms with van der Waals surface area (Å²) in [4.78, 5) is 29.9. The number of amides is 2. The molecule has 0 spiro atoms. The predicted molar refractivity (Wildman–Crippen MR) is 193 cm³/mol. The van der Waals surface area contributed by atoms with Crippen LogP contribution in [-0.4, -0.2) is 47.1 Å². The number of anilines is 2. The lowest BCUT2D eigenvalue weighted by Gasteiger charge is -2.30. The van der Waals surface area contributed by atoms with Gasteiger partial charge in [-0.3, -0.25) is 10.1 Å². The molecule has 1 aliphatic rings. The molecule has 1 saturated carbocycles. The fourth-order valence-electron chi connectivity index (χ4n) is 6.05. The molecule has 0 aliphatic heterocycles. The van der Waals surface area contributed by atoms with Crippen LogP contribution < -0.4 is 16.0 Å². The van der Waals surface area contributed by atoms with Gasteiger partial charge in [-0.25, -0.2) is 22.2 Å². The van der Waals surface area contributed by atoms with Crippen molar-refractivity contribution in [1.82, 2.24) is 14.3 Å². The van der Waals surface area contributed by atoms with Crippen LogP contribution in [-0.2, 0) is 14.8 Å². The van der Waals surface area contributed by atoms with E-state index in [2.05, 4.69) is 20.9 Å². The Kier molecular flexibility index (Phi) is 9.67. The van der Waals surface area contributed by atoms with Gasteiger partial charge >= 0.3 is 6.09 Å². The van der Waals surface area contributed by atoms with Gasteiger partial charge in [0.2, 0.25) is 0 Å². The molecule has 5 aromatic rings. The Morgan fingerprint density at radius 2 is 1.61 bits per heavy atom. The smallest absolute Gasteiger partial charge is 0.412 e. The van der Waals surface area contributed by atoms with Crippen molar-refractivity contribution in [2.75, 3.05) is 10.6 Å². The number of nitrogens with one attached hydrogen (secondary N) is 3. The predicted octanol–water partition coefficient (Wildman–Crippen LogP) is 8.09. The van der Waals surface area contributed by atoms with E-state index in [9.17, 15) is 18.0 Å². The molecule has 0 saturated heterocycles. The van der Waals surface area contributed by atoms with Gasteiger partial charge in [0, 0.05) is 52.2 Å². The Hall–Kier alpha value is -4.87. The largest absolute Gasteiger partial charge is 0.444 e. The number of aromatic nitrogens is 2. The zero-order chi connectivity index (χ0) is 34.8. The zero-order valence-corrected chi connectivity index (χ0v) is 29.0. The number of fused-ring (bicyclic) bond motifs is 1. The highest BCUT2D eigenvalue weighted by molar-refractivity contribution is 7.90. The molecule has 254 valence electrons. The first-order valence-electron chi connectivity index (χ1n) is 16.1. The molecular formula is C37H38ClN5O5S. The van der Waals surface area contributed by atoms with Crippen LogP contribution >= 0.6 is 11.6 Å². The fraction of sp³-hybridized carbons (Fsp3) is 0.270. The highest BCUT2D eigenvalue weighted by Gasteiger charge is 2.26. The van der Waals surface area contributed by atoms with Gasteiger partial charge in [-0.2, -0.15) is 0 Å². The Balaban J connectivity index is 1.15. The van der Waals surface area contributed by atoms with Crippen molar-refractivity contribution in [2.24, 2.45) is 0 Å². The van der Waals surface area contributed by atoms with Crippen molar-refractivity contribution in [3.8, 4) is 11.1 Å². The summed E-state index contributed by atoms with van der Waals surface area (Å²) in [5, 5.41) is 10.5. The number of carbonyl (C=O) groups excluding carboxylic acids is 2. The number of pyridine rings is 1. The normalized spacial score (nSPS) is 16.6. The van der Waals surface area contributed by atoms with Crippen LogP contribution in [0.15, 0.2) is 102 Å². The minimum absolute atomic E-state index is 0.0424. The molecule has 12 heteroatoms. The second-order valence-electron chi connectivity index (χ2n) is 13.1. The molecule has 2 amide bonds. The molecular weight excluding hydrogens is 662 g/mol. The molecule has 49 heavy (non-hydrogen) atoms. The molecule has 10 nitrogen and oxygen atoms in total. The second kappa shape index (κ2) is 13.9. The first-order valence-corrected chi connectivity index (χ1v) is 17.9. The molecule has 1 unspecified atom stereocenters. The van der Waals surface area contributed by atoms with E-state index < -0.39 is 21.7 Å². The minimum atomic E-state index is -3.86. The van der Waals surface area contributed by atoms with E-state index in [4.69, 9.17) is 16.3 Å². The van der Waals surface area contributed by atoms with E-state index in [0.717, 1.165) is 24.6 Å². The van der Waals surface area contributed by atoms with Crippen LogP contribution in [0.2, 0.25) is 5.02 Å². The summed E-state index contributed by atoms with van der Waals surface area (Å²) in [6.07, 6.45) is 5.97. The minimum Gasteiger partial charge on any atom is -0.444 e. The number of halogens is 1. The number of hydrogen-bond donors (Lipinski definition) is 3. The molecule has 0 bridgehead atoms. The molecule has 0 radical (unpaired) electrons. The third kappa shape index (κ3) is 7.90. The quantitative estimate of drug-likeness (QED) is 0.149. The van der Waals surface area contributed by atoms with Gasteiger partial charge in [-0.1, -0.05) is 48.0 Å². The standard InChI is InChI=1S/C37H38ClN5O5S/c1-37(2,3)48-36(45)42-25-18-16-24(17-19-25)35(44)41-27-11-9-10-26(20-27)40-34-21-30(32(38)22-39-34)31-23-43(33-15-8-7-14-29(31)33)49(46,47)28-12-5-4-6-13-28/h4-8,12-19,21-23,26-27H,9-11,20H2,1-3H3,(H,39,40)(H,41,44)(H,42,45)/t26-,27?/m1/s1. The maximum Gasteiger partial charge on any atom is 0.412 e. The first-order chi connectivity index (χ1) is 23.4. The van der Waals surface area contributed by atoms with Gasteiger partial charge in [-0.15, -0.1) is 0 Å². The number of ether oxygens (including phenoxy) is 1. The lowest BCUT2D eigenvalue weighted by Crippen LogP contribution is -2.41. The average Bonchev–Trinajstić information content (AvgIpc) is 3.46. The fourth-order valence-corrected chi connectivity index (χ4v) is 7.65. The third-order valence-corrected chi connectivity index (χ3v) is 10.3. The summed E-state index contributed by atoms with van der Waals surface area (Å²) >= 11 is 6.69. The van der Waals surface area contributed by atoms with Crippen LogP contribution in [0.25, 0.3) is 22.0 Å². The highest BCUT2D eigenvalue weighted by Crippen LogP contribution is 2.37. The first kappa shape index (κ1) is 34.0. The van der Waals surface area contributed by atoms with Crippen LogP contribution in [0, 0.1) is 0 Å². The number of hydrogen-bond acceptors (Lipinski definition) is 7. The van der Waals surface area contributed by atoms with Gasteiger partial charge in [0.25, 0.3) is 15.9 Å². The van der Waals surface area contributed by atoms with Crippen molar-refractivity contribution < 1.29 is 22.7 Å². The monoisotopic (exact) mass is 699 g/mol. The van der Waals surface area contributed by atoms with E-state index in [1.165, 1.54) is 3.97 Å². The molecule has 1 fully saturated rings. The van der Waals surface area contributed by atoms with Crippen molar-refractivity contribution >= 4 is 56.0 Å². The second-order valence-corrected chi connectivity index (χ2v) is 15.3. The van der Waals surface area contributed by atoms with Gasteiger partial charge in [0.05, 0.1) is 15.4 Å². The Bertz CT molecular complexity index is 2090. The number of rotatable bonds is 8. The number of benzene rings is 3. The van der Waals surface area contributed by atoms with Crippen LogP contribution in [0.5, 0.6) is 0 Å². The lowest BCUT2D eigenvalue weighted by molar-refractivity contribution is 0.0635. The third-order valence-electron chi connectivity index (χ3n) is 8.28. The van der Waals surface area contributed by atoms with E-state index in [-0.39, 0.29) is 22.9 Å². The Morgan fingerprint density at radius 1 is 0.918 bits per heavy atom. The maximum absolute atomic E-state index is 13.7. The highest BCUT2D eigenvalue weighted by atomic mass is 35.5. The van der Waals surface area contributed by atoms with Crippen molar-refractivity contribution in [3.63, 3.8) is 0 Å². The molecule has 2 heterocycles. The van der Waals surface area contributed by atoms with Crippen LogP contribution in [0.1, 0.15) is 56.8 Å². The van der Waals surface area contributed by atoms with Gasteiger partial charge < -0.3 is 15.4 Å². The van der Waals surface area contributed by atoms with Crippen molar-refractivity contribution in [2.45, 2.75) is 69.0 Å². The van der Waals surface area contributed by atoms with E-state index in [0.29, 0.717) is 45.2 Å². The summed E-state index contributed by atoms with van der Waals surface area (Å²) in [7, 11) is -3.86. The number of para-hydroxylation sites is 1. The van der Waals surface area contributed by atoms with Crippen LogP contribution in [0.4, 0.5) is 16.3 Å². The number of carbonyl (C=O) groups is 2. The molecule has 3 aromatic carbocycles. The molecule has 6 rings (SSSR count). The van der Waals surface area contributed by atoms with Gasteiger partial charge in [0.1, 0.15) is 11.4 Å². The van der Waals surface area contributed by atoms with Gasteiger partial charge in [-0.05, 0) is 95.0 Å². The van der Waals surface area contributed by atoms with Crippen molar-refractivity contribution in [3.05, 3.63) is 108 Å². The SMILES string of the molecule is CC(C)(C)OC(=O)Nc1ccc(C(=O)NC2CCC[C@@H](Nc3cc(-c4cn(S(=O)(=O)c5ccccc5)c5ccccc45)c(Cl)cn3)C2)cc1. The summed E-state index contributed by atoms with van der Waals surface area (Å²) in [5.74, 6) is 0.412. The lowest BCUT2D eigenvalue weighted by atomic mass is 9.90. The number of nitrogens with zero attached hydrogens (tertiary/aromatic N) is 2. The zero-order valence-electron chi connectivity index (χ0n) is 27.4. The summed E-state index contributed by atoms with van der Waals surface area (Å²) < 4.78 is 33.9.